The van der Waals surface area contributed by atoms with E-state index < -0.39 is 0 Å². The van der Waals surface area contributed by atoms with E-state index in [0.717, 1.165) is 54.7 Å². The van der Waals surface area contributed by atoms with Gasteiger partial charge in [-0.2, -0.15) is 0 Å². The fourth-order valence-electron chi connectivity index (χ4n) is 4.97. The topological polar surface area (TPSA) is 82.3 Å². The van der Waals surface area contributed by atoms with Gasteiger partial charge in [-0.1, -0.05) is 5.57 Å². The molecule has 6 nitrogen and oxygen atoms in total. The Morgan fingerprint density at radius 1 is 1.14 bits per heavy atom. The molecule has 6 heteroatoms. The lowest BCUT2D eigenvalue weighted by Crippen LogP contribution is -2.54. The molecule has 0 unspecified atom stereocenters. The van der Waals surface area contributed by atoms with Crippen LogP contribution in [0.15, 0.2) is 39.5 Å². The second-order valence-electron chi connectivity index (χ2n) is 7.83. The monoisotopic (exact) mass is 383 g/mol. The van der Waals surface area contributed by atoms with E-state index in [4.69, 9.17) is 4.99 Å². The van der Waals surface area contributed by atoms with Gasteiger partial charge in [0.25, 0.3) is 5.91 Å². The average molecular weight is 383 g/mol. The van der Waals surface area contributed by atoms with Gasteiger partial charge in [-0.15, -0.1) is 0 Å². The number of hydrogen-bond acceptors (Lipinski definition) is 5. The molecule has 0 aromatic heterocycles. The summed E-state index contributed by atoms with van der Waals surface area (Å²) in [5.41, 5.74) is 6.04. The predicted octanol–water partition coefficient (Wildman–Crippen LogP) is -0.561. The molecule has 0 radical (unpaired) electrons. The summed E-state index contributed by atoms with van der Waals surface area (Å²) in [5.74, 6) is -0.0759. The van der Waals surface area contributed by atoms with Crippen LogP contribution in [0.5, 0.6) is 0 Å². The summed E-state index contributed by atoms with van der Waals surface area (Å²) in [4.78, 5) is 36.3. The van der Waals surface area contributed by atoms with Gasteiger partial charge < -0.3 is 10.0 Å². The van der Waals surface area contributed by atoms with E-state index in [1.807, 2.05) is 12.3 Å². The van der Waals surface area contributed by atoms with Gasteiger partial charge in [0.15, 0.2) is 5.78 Å². The van der Waals surface area contributed by atoms with E-state index in [1.54, 1.807) is 30.3 Å². The molecule has 0 fully saturated rings. The van der Waals surface area contributed by atoms with Crippen LogP contribution in [0.25, 0.3) is 23.0 Å². The van der Waals surface area contributed by atoms with E-state index in [2.05, 4.69) is 4.99 Å². The van der Waals surface area contributed by atoms with Crippen molar-refractivity contribution in [2.45, 2.75) is 19.3 Å². The predicted molar refractivity (Wildman–Crippen MR) is 108 cm³/mol. The highest BCUT2D eigenvalue weighted by atomic mass is 16.3. The van der Waals surface area contributed by atoms with Crippen molar-refractivity contribution in [3.8, 4) is 0 Å². The van der Waals surface area contributed by atoms with E-state index in [9.17, 15) is 14.7 Å². The lowest BCUT2D eigenvalue weighted by molar-refractivity contribution is -0.113. The minimum absolute atomic E-state index is 0.0144. The zero-order valence-corrected chi connectivity index (χ0v) is 15.8. The summed E-state index contributed by atoms with van der Waals surface area (Å²) in [6, 6.07) is 0. The molecule has 0 spiro atoms. The maximum atomic E-state index is 13.1. The summed E-state index contributed by atoms with van der Waals surface area (Å²) in [5, 5.41) is 13.2. The fraction of sp³-hybridized carbons (Fsp3) is 0.217. The van der Waals surface area contributed by atoms with Crippen molar-refractivity contribution in [1.82, 2.24) is 4.90 Å². The quantitative estimate of drug-likeness (QED) is 0.743. The van der Waals surface area contributed by atoms with Crippen LogP contribution in [-0.2, 0) is 4.79 Å². The van der Waals surface area contributed by atoms with E-state index >= 15 is 0 Å². The van der Waals surface area contributed by atoms with Gasteiger partial charge in [0.1, 0.15) is 0 Å². The number of benzene rings is 1. The Balaban J connectivity index is 1.89. The maximum Gasteiger partial charge on any atom is 0.258 e. The first-order valence-electron chi connectivity index (χ1n) is 9.67. The Morgan fingerprint density at radius 2 is 2.00 bits per heavy atom. The van der Waals surface area contributed by atoms with Crippen LogP contribution in [0.1, 0.15) is 35.2 Å². The van der Waals surface area contributed by atoms with Gasteiger partial charge in [0.05, 0.1) is 22.3 Å². The third kappa shape index (κ3) is 2.04. The third-order valence-corrected chi connectivity index (χ3v) is 6.18. The molecule has 2 aliphatic carbocycles. The fourth-order valence-corrected chi connectivity index (χ4v) is 4.97. The van der Waals surface area contributed by atoms with Crippen molar-refractivity contribution in [2.24, 2.45) is 9.98 Å². The highest BCUT2D eigenvalue weighted by molar-refractivity contribution is 6.09. The van der Waals surface area contributed by atoms with Gasteiger partial charge in [0, 0.05) is 53.7 Å². The number of allylic oxidation sites excluding steroid dienone is 4. The van der Waals surface area contributed by atoms with Crippen molar-refractivity contribution < 1.29 is 14.7 Å². The summed E-state index contributed by atoms with van der Waals surface area (Å²) in [7, 11) is 1.74. The highest BCUT2D eigenvalue weighted by Gasteiger charge is 2.34. The Morgan fingerprint density at radius 3 is 2.83 bits per heavy atom. The second-order valence-corrected chi connectivity index (χ2v) is 7.83. The van der Waals surface area contributed by atoms with Crippen LogP contribution < -0.4 is 21.0 Å². The van der Waals surface area contributed by atoms with E-state index in [0.29, 0.717) is 18.4 Å². The number of amides is 1. The minimum atomic E-state index is -0.0904. The normalized spacial score (nSPS) is 20.3. The average Bonchev–Trinajstić information content (AvgIpc) is 3.38. The van der Waals surface area contributed by atoms with Crippen LogP contribution in [-0.4, -0.2) is 41.6 Å². The molecular weight excluding hydrogens is 366 g/mol. The molecule has 1 N–H and O–H groups in total. The standard InChI is InChI=1S/C23H17N3O3/c1-26-10-15-19-17(11(5-7-27)8-12-4-6-24-21(12)19)22-18(20(15)23(26)29)14-9-13(28)2-3-16(14)25-22/h2-4,6,10,27H,5,7-9H2,1H3. The SMILES string of the molecule is CN1C=c2c(c3c(c4c2=C2N=CC=C2CC=4CCO)=NC2=C3CC(=O)C=C2)C1=O. The molecule has 3 heterocycles. The minimum Gasteiger partial charge on any atom is -0.396 e. The van der Waals surface area contributed by atoms with Crippen molar-refractivity contribution in [1.29, 1.82) is 0 Å². The van der Waals surface area contributed by atoms with Crippen LogP contribution in [0.4, 0.5) is 0 Å². The van der Waals surface area contributed by atoms with Crippen LogP contribution >= 0.6 is 0 Å². The molecule has 1 aromatic rings. The van der Waals surface area contributed by atoms with Crippen LogP contribution in [0.3, 0.4) is 0 Å². The second kappa shape index (κ2) is 5.58. The van der Waals surface area contributed by atoms with Gasteiger partial charge in [-0.25, -0.2) is 4.99 Å². The first-order valence-corrected chi connectivity index (χ1v) is 9.67. The molecule has 0 saturated carbocycles. The molecule has 6 rings (SSSR count). The summed E-state index contributed by atoms with van der Waals surface area (Å²) in [6.45, 7) is 0.0399. The number of aliphatic imine (C=N–C) groups is 1. The van der Waals surface area contributed by atoms with Crippen molar-refractivity contribution >= 4 is 40.9 Å². The number of hydrogen-bond donors (Lipinski definition) is 1. The Bertz CT molecular complexity index is 1450. The number of carbonyl (C=O) groups is 2. The van der Waals surface area contributed by atoms with Crippen molar-refractivity contribution in [3.05, 3.63) is 61.6 Å². The zero-order valence-electron chi connectivity index (χ0n) is 15.8. The van der Waals surface area contributed by atoms with Gasteiger partial charge >= 0.3 is 0 Å². The highest BCUT2D eigenvalue weighted by Crippen LogP contribution is 2.32. The molecule has 5 aliphatic rings. The number of aliphatic hydroxyl groups excluding tert-OH is 1. The smallest absolute Gasteiger partial charge is 0.258 e. The molecule has 1 amide bonds. The largest absolute Gasteiger partial charge is 0.396 e. The van der Waals surface area contributed by atoms with Crippen LogP contribution in [0, 0.1) is 0 Å². The third-order valence-electron chi connectivity index (χ3n) is 6.18. The van der Waals surface area contributed by atoms with Crippen molar-refractivity contribution in [2.75, 3.05) is 13.7 Å². The summed E-state index contributed by atoms with van der Waals surface area (Å²) >= 11 is 0. The Kier molecular flexibility index (Phi) is 3.19. The Labute approximate surface area is 165 Å². The molecule has 0 atom stereocenters. The zero-order chi connectivity index (χ0) is 19.9. The van der Waals surface area contributed by atoms with Gasteiger partial charge in [-0.3, -0.25) is 14.6 Å². The summed E-state index contributed by atoms with van der Waals surface area (Å²) in [6.07, 6.45) is 10.4. The molecule has 142 valence electrons. The van der Waals surface area contributed by atoms with Gasteiger partial charge in [-0.05, 0) is 42.2 Å². The first-order chi connectivity index (χ1) is 14.1. The maximum absolute atomic E-state index is 13.1. The molecular formula is C23H17N3O3. The number of nitrogens with zero attached hydrogens (tertiary/aromatic N) is 3. The first kappa shape index (κ1) is 16.6. The number of carbonyl (C=O) groups excluding carboxylic acids is 2. The van der Waals surface area contributed by atoms with E-state index in [-0.39, 0.29) is 24.7 Å². The number of fused-ring (bicyclic) bond motifs is 8. The number of rotatable bonds is 2. The van der Waals surface area contributed by atoms with Gasteiger partial charge in [0.2, 0.25) is 0 Å². The molecule has 3 aliphatic heterocycles. The summed E-state index contributed by atoms with van der Waals surface area (Å²) < 4.78 is 0. The Hall–Kier alpha value is -3.38. The number of aliphatic hydroxyl groups is 1. The molecule has 0 bridgehead atoms. The lowest BCUT2D eigenvalue weighted by Gasteiger charge is -2.17. The van der Waals surface area contributed by atoms with Crippen molar-refractivity contribution in [3.63, 3.8) is 0 Å². The van der Waals surface area contributed by atoms with Crippen LogP contribution in [0.2, 0.25) is 0 Å². The molecule has 0 saturated heterocycles. The lowest BCUT2D eigenvalue weighted by atomic mass is 9.85. The number of ketones is 1. The van der Waals surface area contributed by atoms with E-state index in [1.165, 1.54) is 0 Å². The molecule has 1 aromatic carbocycles. The molecule has 29 heavy (non-hydrogen) atoms.